The van der Waals surface area contributed by atoms with Crippen molar-refractivity contribution in [2.75, 3.05) is 33.7 Å². The van der Waals surface area contributed by atoms with Crippen molar-refractivity contribution in [2.45, 2.75) is 31.8 Å². The number of likely N-dealkylation sites (N-methyl/N-ethyl adjacent to an activating group) is 1. The molecule has 0 aromatic heterocycles. The van der Waals surface area contributed by atoms with Crippen LogP contribution in [0, 0.1) is 5.92 Å². The van der Waals surface area contributed by atoms with Crippen LogP contribution in [0.4, 0.5) is 0 Å². The van der Waals surface area contributed by atoms with Gasteiger partial charge in [-0.3, -0.25) is 4.90 Å². The van der Waals surface area contributed by atoms with E-state index >= 15 is 0 Å². The van der Waals surface area contributed by atoms with Gasteiger partial charge in [0, 0.05) is 31.7 Å². The monoisotopic (exact) mass is 275 g/mol. The summed E-state index contributed by atoms with van der Waals surface area (Å²) in [5, 5.41) is 0. The van der Waals surface area contributed by atoms with E-state index in [0.29, 0.717) is 23.9 Å². The molecule has 0 aliphatic carbocycles. The van der Waals surface area contributed by atoms with Crippen LogP contribution in [0.25, 0.3) is 0 Å². The molecule has 0 radical (unpaired) electrons. The van der Waals surface area contributed by atoms with Crippen LogP contribution in [-0.4, -0.2) is 55.6 Å². The molecule has 1 aromatic rings. The van der Waals surface area contributed by atoms with E-state index in [1.807, 2.05) is 0 Å². The molecule has 2 N–H and O–H groups in total. The Morgan fingerprint density at radius 1 is 1.25 bits per heavy atom. The Morgan fingerprint density at radius 2 is 1.90 bits per heavy atom. The van der Waals surface area contributed by atoms with Crippen molar-refractivity contribution in [1.29, 1.82) is 0 Å². The predicted octanol–water partition coefficient (Wildman–Crippen LogP) is 2.00. The lowest BCUT2D eigenvalue weighted by Crippen LogP contribution is -2.44. The summed E-state index contributed by atoms with van der Waals surface area (Å²) in [6.07, 6.45) is 0. The maximum atomic E-state index is 6.10. The van der Waals surface area contributed by atoms with Gasteiger partial charge in [0.2, 0.25) is 0 Å². The molecule has 0 bridgehead atoms. The summed E-state index contributed by atoms with van der Waals surface area (Å²) in [6, 6.07) is 11.8. The lowest BCUT2D eigenvalue weighted by molar-refractivity contribution is 0.199. The van der Waals surface area contributed by atoms with Crippen LogP contribution in [-0.2, 0) is 0 Å². The highest BCUT2D eigenvalue weighted by Crippen LogP contribution is 2.28. The zero-order chi connectivity index (χ0) is 14.7. The first-order valence-corrected chi connectivity index (χ1v) is 7.70. The van der Waals surface area contributed by atoms with E-state index in [1.165, 1.54) is 5.56 Å². The fraction of sp³-hybridized carbons (Fsp3) is 0.647. The smallest absolute Gasteiger partial charge is 0.0285 e. The first-order valence-electron chi connectivity index (χ1n) is 7.70. The van der Waals surface area contributed by atoms with Gasteiger partial charge in [0.25, 0.3) is 0 Å². The second-order valence-electron chi connectivity index (χ2n) is 6.46. The molecular formula is C17H29N3. The Kier molecular flexibility index (Phi) is 5.19. The van der Waals surface area contributed by atoms with Crippen LogP contribution in [0.1, 0.15) is 25.3 Å². The minimum atomic E-state index is 0.435. The van der Waals surface area contributed by atoms with E-state index in [4.69, 9.17) is 5.73 Å². The Hall–Kier alpha value is -0.900. The molecule has 1 aliphatic rings. The maximum absolute atomic E-state index is 6.10. The molecule has 1 aromatic carbocycles. The number of rotatable bonds is 5. The summed E-state index contributed by atoms with van der Waals surface area (Å²) in [6.45, 7) is 7.67. The fourth-order valence-electron chi connectivity index (χ4n) is 3.58. The third-order valence-corrected chi connectivity index (χ3v) is 4.88. The second kappa shape index (κ2) is 6.70. The molecule has 1 fully saturated rings. The van der Waals surface area contributed by atoms with Crippen molar-refractivity contribution in [2.24, 2.45) is 11.7 Å². The molecule has 20 heavy (non-hydrogen) atoms. The summed E-state index contributed by atoms with van der Waals surface area (Å²) in [4.78, 5) is 4.94. The first-order chi connectivity index (χ1) is 9.54. The van der Waals surface area contributed by atoms with Crippen molar-refractivity contribution < 1.29 is 0 Å². The third-order valence-electron chi connectivity index (χ3n) is 4.88. The van der Waals surface area contributed by atoms with E-state index < -0.39 is 0 Å². The molecule has 2 rings (SSSR count). The van der Waals surface area contributed by atoms with Crippen LogP contribution in [0.5, 0.6) is 0 Å². The molecule has 0 amide bonds. The van der Waals surface area contributed by atoms with Crippen molar-refractivity contribution >= 4 is 0 Å². The van der Waals surface area contributed by atoms with Gasteiger partial charge in [-0.2, -0.15) is 0 Å². The zero-order valence-corrected chi connectivity index (χ0v) is 13.3. The predicted molar refractivity (Wildman–Crippen MR) is 85.9 cm³/mol. The quantitative estimate of drug-likeness (QED) is 0.892. The molecule has 3 heteroatoms. The van der Waals surface area contributed by atoms with Gasteiger partial charge in [0.15, 0.2) is 0 Å². The number of hydrogen-bond acceptors (Lipinski definition) is 3. The molecular weight excluding hydrogens is 246 g/mol. The van der Waals surface area contributed by atoms with Gasteiger partial charge >= 0.3 is 0 Å². The summed E-state index contributed by atoms with van der Waals surface area (Å²) >= 11 is 0. The second-order valence-corrected chi connectivity index (χ2v) is 6.46. The Balaban J connectivity index is 2.09. The van der Waals surface area contributed by atoms with E-state index in [1.54, 1.807) is 0 Å². The first kappa shape index (κ1) is 15.5. The van der Waals surface area contributed by atoms with E-state index in [2.05, 4.69) is 68.1 Å². The van der Waals surface area contributed by atoms with Gasteiger partial charge < -0.3 is 10.6 Å². The molecule has 1 aliphatic heterocycles. The van der Waals surface area contributed by atoms with E-state index in [-0.39, 0.29) is 0 Å². The normalized spacial score (nSPS) is 26.9. The summed E-state index contributed by atoms with van der Waals surface area (Å²) in [5.41, 5.74) is 7.50. The molecule has 4 unspecified atom stereocenters. The molecule has 0 saturated carbocycles. The Labute approximate surface area is 123 Å². The number of nitrogens with two attached hydrogens (primary N) is 1. The van der Waals surface area contributed by atoms with Crippen molar-refractivity contribution in [3.05, 3.63) is 35.9 Å². The number of likely N-dealkylation sites (tertiary alicyclic amines) is 1. The average molecular weight is 275 g/mol. The lowest BCUT2D eigenvalue weighted by Gasteiger charge is -2.32. The molecule has 3 nitrogen and oxygen atoms in total. The minimum absolute atomic E-state index is 0.435. The van der Waals surface area contributed by atoms with Crippen LogP contribution < -0.4 is 5.73 Å². The van der Waals surface area contributed by atoms with Crippen molar-refractivity contribution in [3.8, 4) is 0 Å². The Morgan fingerprint density at radius 3 is 2.40 bits per heavy atom. The topological polar surface area (TPSA) is 32.5 Å². The van der Waals surface area contributed by atoms with Gasteiger partial charge in [-0.15, -0.1) is 0 Å². The SMILES string of the molecule is CC1CN(C(CN)C(C)c2ccccc2)CC1N(C)C. The summed E-state index contributed by atoms with van der Waals surface area (Å²) < 4.78 is 0. The van der Waals surface area contributed by atoms with Crippen LogP contribution >= 0.6 is 0 Å². The number of benzene rings is 1. The van der Waals surface area contributed by atoms with Gasteiger partial charge in [0.05, 0.1) is 0 Å². The highest BCUT2D eigenvalue weighted by atomic mass is 15.3. The van der Waals surface area contributed by atoms with Gasteiger partial charge in [-0.25, -0.2) is 0 Å². The minimum Gasteiger partial charge on any atom is -0.329 e. The average Bonchev–Trinajstić information content (AvgIpc) is 2.82. The van der Waals surface area contributed by atoms with Crippen molar-refractivity contribution in [3.63, 3.8) is 0 Å². The van der Waals surface area contributed by atoms with Crippen LogP contribution in [0.15, 0.2) is 30.3 Å². The van der Waals surface area contributed by atoms with Crippen molar-refractivity contribution in [1.82, 2.24) is 9.80 Å². The van der Waals surface area contributed by atoms with E-state index in [9.17, 15) is 0 Å². The van der Waals surface area contributed by atoms with Gasteiger partial charge in [0.1, 0.15) is 0 Å². The number of nitrogens with zero attached hydrogens (tertiary/aromatic N) is 2. The summed E-state index contributed by atoms with van der Waals surface area (Å²) in [5.74, 6) is 1.19. The zero-order valence-electron chi connectivity index (χ0n) is 13.3. The highest BCUT2D eigenvalue weighted by molar-refractivity contribution is 5.21. The standard InChI is InChI=1S/C17H29N3/c1-13-11-20(12-17(13)19(3)4)16(10-18)14(2)15-8-6-5-7-9-15/h5-9,13-14,16-17H,10-12,18H2,1-4H3. The molecule has 1 saturated heterocycles. The number of hydrogen-bond donors (Lipinski definition) is 1. The maximum Gasteiger partial charge on any atom is 0.0285 e. The summed E-state index contributed by atoms with van der Waals surface area (Å²) in [7, 11) is 4.37. The highest BCUT2D eigenvalue weighted by Gasteiger charge is 2.36. The van der Waals surface area contributed by atoms with E-state index in [0.717, 1.165) is 19.6 Å². The molecule has 1 heterocycles. The van der Waals surface area contributed by atoms with Gasteiger partial charge in [-0.05, 0) is 31.5 Å². The molecule has 112 valence electrons. The lowest BCUT2D eigenvalue weighted by atomic mass is 9.92. The van der Waals surface area contributed by atoms with Crippen LogP contribution in [0.2, 0.25) is 0 Å². The molecule has 0 spiro atoms. The largest absolute Gasteiger partial charge is 0.329 e. The fourth-order valence-corrected chi connectivity index (χ4v) is 3.58. The van der Waals surface area contributed by atoms with Gasteiger partial charge in [-0.1, -0.05) is 44.2 Å². The van der Waals surface area contributed by atoms with Crippen LogP contribution in [0.3, 0.4) is 0 Å². The molecule has 4 atom stereocenters. The Bertz CT molecular complexity index is 404. The third kappa shape index (κ3) is 3.22.